The standard InChI is InChI=1S/C58H40N2/c1-4-16-41(17-5-1)43-28-30-46(31-29-43)51-24-12-14-26-55(51)59(49-34-32-44(33-35-49)42-18-6-2-7-19-42)50-36-37-53-52-25-13-15-27-56(52)60(58(53)40-50)57-39-48-23-11-10-22-47(48)38-54(57)45-20-8-3-9-21-45/h1-40H. The van der Waals surface area contributed by atoms with E-state index < -0.39 is 0 Å². The van der Waals surface area contributed by atoms with Crippen LogP contribution in [0.2, 0.25) is 0 Å². The first-order valence-corrected chi connectivity index (χ1v) is 20.6. The van der Waals surface area contributed by atoms with Gasteiger partial charge in [0.1, 0.15) is 0 Å². The first-order chi connectivity index (χ1) is 29.8. The van der Waals surface area contributed by atoms with Crippen molar-refractivity contribution in [3.8, 4) is 50.2 Å². The van der Waals surface area contributed by atoms with Gasteiger partial charge in [0.25, 0.3) is 0 Å². The van der Waals surface area contributed by atoms with Crippen LogP contribution < -0.4 is 4.90 Å². The Kier molecular flexibility index (Phi) is 8.87. The lowest BCUT2D eigenvalue weighted by molar-refractivity contribution is 1.18. The maximum atomic E-state index is 2.48. The predicted molar refractivity (Wildman–Crippen MR) is 255 cm³/mol. The first kappa shape index (κ1) is 35.2. The van der Waals surface area contributed by atoms with Crippen molar-refractivity contribution in [1.82, 2.24) is 4.57 Å². The highest BCUT2D eigenvalue weighted by Gasteiger charge is 2.22. The monoisotopic (exact) mass is 764 g/mol. The lowest BCUT2D eigenvalue weighted by Gasteiger charge is -2.28. The van der Waals surface area contributed by atoms with Gasteiger partial charge in [-0.15, -0.1) is 0 Å². The van der Waals surface area contributed by atoms with Gasteiger partial charge >= 0.3 is 0 Å². The first-order valence-electron chi connectivity index (χ1n) is 20.6. The topological polar surface area (TPSA) is 8.17 Å². The van der Waals surface area contributed by atoms with Gasteiger partial charge in [-0.05, 0) is 92.7 Å². The Morgan fingerprint density at radius 3 is 1.43 bits per heavy atom. The summed E-state index contributed by atoms with van der Waals surface area (Å²) >= 11 is 0. The molecule has 0 unspecified atom stereocenters. The van der Waals surface area contributed by atoms with Crippen molar-refractivity contribution in [3.63, 3.8) is 0 Å². The van der Waals surface area contributed by atoms with E-state index in [0.29, 0.717) is 0 Å². The van der Waals surface area contributed by atoms with Crippen LogP contribution in [0.15, 0.2) is 243 Å². The molecule has 2 nitrogen and oxygen atoms in total. The summed E-state index contributed by atoms with van der Waals surface area (Å²) < 4.78 is 2.48. The van der Waals surface area contributed by atoms with Crippen LogP contribution in [0.3, 0.4) is 0 Å². The van der Waals surface area contributed by atoms with Crippen molar-refractivity contribution in [3.05, 3.63) is 243 Å². The number of benzene rings is 10. The molecule has 0 aliphatic rings. The predicted octanol–water partition coefficient (Wildman–Crippen LogP) is 16.1. The third-order valence-corrected chi connectivity index (χ3v) is 11.8. The molecule has 11 rings (SSSR count). The number of nitrogens with zero attached hydrogens (tertiary/aromatic N) is 2. The normalized spacial score (nSPS) is 11.3. The van der Waals surface area contributed by atoms with Gasteiger partial charge in [-0.3, -0.25) is 0 Å². The maximum Gasteiger partial charge on any atom is 0.0562 e. The van der Waals surface area contributed by atoms with Crippen LogP contribution in [0.4, 0.5) is 17.1 Å². The third kappa shape index (κ3) is 6.32. The van der Waals surface area contributed by atoms with Gasteiger partial charge in [-0.25, -0.2) is 0 Å². The van der Waals surface area contributed by atoms with Gasteiger partial charge in [0, 0.05) is 33.3 Å². The molecule has 0 saturated carbocycles. The molecule has 0 N–H and O–H groups in total. The molecule has 2 heteroatoms. The molecule has 0 aliphatic carbocycles. The molecular formula is C58H40N2. The fraction of sp³-hybridized carbons (Fsp3) is 0. The Bertz CT molecular complexity index is 3270. The quantitative estimate of drug-likeness (QED) is 0.150. The molecule has 0 atom stereocenters. The number of hydrogen-bond acceptors (Lipinski definition) is 1. The molecule has 60 heavy (non-hydrogen) atoms. The second-order valence-electron chi connectivity index (χ2n) is 15.3. The van der Waals surface area contributed by atoms with Crippen LogP contribution >= 0.6 is 0 Å². The molecular weight excluding hydrogens is 725 g/mol. The smallest absolute Gasteiger partial charge is 0.0562 e. The highest BCUT2D eigenvalue weighted by Crippen LogP contribution is 2.45. The Hall–Kier alpha value is -7.94. The minimum atomic E-state index is 1.08. The van der Waals surface area contributed by atoms with Crippen molar-refractivity contribution < 1.29 is 0 Å². The fourth-order valence-corrected chi connectivity index (χ4v) is 8.87. The van der Waals surface area contributed by atoms with Gasteiger partial charge in [-0.2, -0.15) is 0 Å². The Balaban J connectivity index is 1.14. The molecule has 0 spiro atoms. The van der Waals surface area contributed by atoms with E-state index in [1.807, 2.05) is 0 Å². The summed E-state index contributed by atoms with van der Waals surface area (Å²) in [6.07, 6.45) is 0. The molecule has 10 aromatic carbocycles. The minimum absolute atomic E-state index is 1.08. The lowest BCUT2D eigenvalue weighted by Crippen LogP contribution is -2.11. The van der Waals surface area contributed by atoms with E-state index in [2.05, 4.69) is 252 Å². The van der Waals surface area contributed by atoms with Gasteiger partial charge < -0.3 is 9.47 Å². The zero-order chi connectivity index (χ0) is 39.8. The van der Waals surface area contributed by atoms with Crippen molar-refractivity contribution in [2.75, 3.05) is 4.90 Å². The van der Waals surface area contributed by atoms with E-state index in [-0.39, 0.29) is 0 Å². The molecule has 0 fully saturated rings. The van der Waals surface area contributed by atoms with Crippen LogP contribution in [-0.2, 0) is 0 Å². The molecule has 0 bridgehead atoms. The number of aromatic nitrogens is 1. The van der Waals surface area contributed by atoms with E-state index >= 15 is 0 Å². The van der Waals surface area contributed by atoms with E-state index in [0.717, 1.165) is 39.4 Å². The zero-order valence-corrected chi connectivity index (χ0v) is 33.0. The number of hydrogen-bond donors (Lipinski definition) is 0. The Morgan fingerprint density at radius 2 is 0.750 bits per heavy atom. The van der Waals surface area contributed by atoms with Crippen LogP contribution in [0.1, 0.15) is 0 Å². The Labute approximate surface area is 350 Å². The molecule has 1 heterocycles. The van der Waals surface area contributed by atoms with E-state index in [1.165, 1.54) is 60.4 Å². The molecule has 1 aromatic heterocycles. The minimum Gasteiger partial charge on any atom is -0.310 e. The van der Waals surface area contributed by atoms with Crippen molar-refractivity contribution in [2.24, 2.45) is 0 Å². The van der Waals surface area contributed by atoms with Gasteiger partial charge in [0.15, 0.2) is 0 Å². The van der Waals surface area contributed by atoms with Gasteiger partial charge in [0.05, 0.1) is 22.4 Å². The number of rotatable bonds is 8. The van der Waals surface area contributed by atoms with E-state index in [1.54, 1.807) is 0 Å². The molecule has 282 valence electrons. The van der Waals surface area contributed by atoms with Crippen LogP contribution in [0.5, 0.6) is 0 Å². The summed E-state index contributed by atoms with van der Waals surface area (Å²) in [5.41, 5.74) is 16.2. The molecule has 0 aliphatic heterocycles. The van der Waals surface area contributed by atoms with Crippen molar-refractivity contribution in [2.45, 2.75) is 0 Å². The largest absolute Gasteiger partial charge is 0.310 e. The summed E-state index contributed by atoms with van der Waals surface area (Å²) in [6.45, 7) is 0. The van der Waals surface area contributed by atoms with Crippen LogP contribution in [0, 0.1) is 0 Å². The summed E-state index contributed by atoms with van der Waals surface area (Å²) in [7, 11) is 0. The molecule has 11 aromatic rings. The molecule has 0 radical (unpaired) electrons. The number of para-hydroxylation sites is 2. The average Bonchev–Trinajstić information content (AvgIpc) is 3.66. The van der Waals surface area contributed by atoms with Crippen molar-refractivity contribution in [1.29, 1.82) is 0 Å². The van der Waals surface area contributed by atoms with Crippen LogP contribution in [0.25, 0.3) is 82.8 Å². The van der Waals surface area contributed by atoms with Gasteiger partial charge in [0.2, 0.25) is 0 Å². The highest BCUT2D eigenvalue weighted by atomic mass is 15.1. The summed E-state index contributed by atoms with van der Waals surface area (Å²) in [6, 6.07) is 88.0. The highest BCUT2D eigenvalue weighted by molar-refractivity contribution is 6.11. The van der Waals surface area contributed by atoms with E-state index in [4.69, 9.17) is 0 Å². The maximum absolute atomic E-state index is 2.48. The van der Waals surface area contributed by atoms with Crippen LogP contribution in [-0.4, -0.2) is 4.57 Å². The lowest BCUT2D eigenvalue weighted by atomic mass is 9.98. The van der Waals surface area contributed by atoms with Crippen molar-refractivity contribution >= 4 is 49.6 Å². The average molecular weight is 765 g/mol. The second-order valence-corrected chi connectivity index (χ2v) is 15.3. The third-order valence-electron chi connectivity index (χ3n) is 11.8. The SMILES string of the molecule is c1ccc(-c2ccc(-c3ccccc3N(c3ccc(-c4ccccc4)cc3)c3ccc4c5ccccc5n(-c5cc6ccccc6cc5-c5ccccc5)c4c3)cc2)cc1. The fourth-order valence-electron chi connectivity index (χ4n) is 8.87. The molecule has 0 amide bonds. The summed E-state index contributed by atoms with van der Waals surface area (Å²) in [5.74, 6) is 0. The Morgan fingerprint density at radius 1 is 0.283 bits per heavy atom. The summed E-state index contributed by atoms with van der Waals surface area (Å²) in [5, 5.41) is 4.87. The summed E-state index contributed by atoms with van der Waals surface area (Å²) in [4.78, 5) is 2.43. The number of fused-ring (bicyclic) bond motifs is 4. The van der Waals surface area contributed by atoms with Gasteiger partial charge in [-0.1, -0.05) is 194 Å². The second kappa shape index (κ2) is 15.1. The zero-order valence-electron chi connectivity index (χ0n) is 33.0. The number of anilines is 3. The van der Waals surface area contributed by atoms with E-state index in [9.17, 15) is 0 Å². The molecule has 0 saturated heterocycles.